The van der Waals surface area contributed by atoms with E-state index in [2.05, 4.69) is 19.2 Å². The Morgan fingerprint density at radius 1 is 1.45 bits per heavy atom. The maximum absolute atomic E-state index is 10.1. The molecule has 0 spiro atoms. The predicted molar refractivity (Wildman–Crippen MR) is 46.6 cm³/mol. The Labute approximate surface area is 69.0 Å². The van der Waals surface area contributed by atoms with Gasteiger partial charge in [-0.15, -0.1) is 0 Å². The minimum absolute atomic E-state index is 0.345. The Hall–Kier alpha value is -0.0800. The first-order chi connectivity index (χ1) is 5.23. The molecule has 0 bridgehead atoms. The fraction of sp³-hybridized carbons (Fsp3) is 1.00. The minimum atomic E-state index is -0.448. The summed E-state index contributed by atoms with van der Waals surface area (Å²) in [6, 6.07) is 0.345. The highest BCUT2D eigenvalue weighted by Crippen LogP contribution is 2.25. The number of hydrogen-bond acceptors (Lipinski definition) is 2. The molecule has 66 valence electrons. The Morgan fingerprint density at radius 3 is 2.45 bits per heavy atom. The van der Waals surface area contributed by atoms with Gasteiger partial charge in [0, 0.05) is 6.04 Å². The van der Waals surface area contributed by atoms with Crippen molar-refractivity contribution in [3.63, 3.8) is 0 Å². The number of nitrogens with one attached hydrogen (secondary N) is 1. The topological polar surface area (TPSA) is 32.3 Å². The van der Waals surface area contributed by atoms with Crippen LogP contribution in [0.5, 0.6) is 0 Å². The van der Waals surface area contributed by atoms with Gasteiger partial charge in [-0.05, 0) is 32.2 Å². The summed E-state index contributed by atoms with van der Waals surface area (Å²) in [5.41, 5.74) is -0.448. The summed E-state index contributed by atoms with van der Waals surface area (Å²) in [7, 11) is 0. The molecule has 1 heterocycles. The van der Waals surface area contributed by atoms with Crippen LogP contribution in [0, 0.1) is 0 Å². The molecular formula is C9H19NO. The summed E-state index contributed by atoms with van der Waals surface area (Å²) in [4.78, 5) is 0. The van der Waals surface area contributed by atoms with Gasteiger partial charge in [0.05, 0.1) is 5.60 Å². The maximum atomic E-state index is 10.1. The SMILES string of the molecule is CCC(O)(CC)[C@@H]1CCCN1. The van der Waals surface area contributed by atoms with Crippen molar-refractivity contribution >= 4 is 0 Å². The van der Waals surface area contributed by atoms with Crippen molar-refractivity contribution in [2.45, 2.75) is 51.2 Å². The summed E-state index contributed by atoms with van der Waals surface area (Å²) in [5, 5.41) is 13.4. The average molecular weight is 157 g/mol. The molecule has 0 aromatic carbocycles. The summed E-state index contributed by atoms with van der Waals surface area (Å²) in [6.07, 6.45) is 4.08. The molecular weight excluding hydrogens is 138 g/mol. The third kappa shape index (κ3) is 1.74. The van der Waals surface area contributed by atoms with E-state index in [1.165, 1.54) is 6.42 Å². The van der Waals surface area contributed by atoms with Gasteiger partial charge in [-0.1, -0.05) is 13.8 Å². The fourth-order valence-corrected chi connectivity index (χ4v) is 1.89. The maximum Gasteiger partial charge on any atom is 0.0794 e. The van der Waals surface area contributed by atoms with Gasteiger partial charge in [-0.3, -0.25) is 0 Å². The van der Waals surface area contributed by atoms with Crippen molar-refractivity contribution < 1.29 is 5.11 Å². The molecule has 2 heteroatoms. The Morgan fingerprint density at radius 2 is 2.09 bits per heavy atom. The van der Waals surface area contributed by atoms with E-state index in [0.29, 0.717) is 6.04 Å². The molecule has 0 aromatic rings. The fourth-order valence-electron chi connectivity index (χ4n) is 1.89. The van der Waals surface area contributed by atoms with Gasteiger partial charge in [0.2, 0.25) is 0 Å². The predicted octanol–water partition coefficient (Wildman–Crippen LogP) is 1.29. The van der Waals surface area contributed by atoms with E-state index in [1.807, 2.05) is 0 Å². The van der Waals surface area contributed by atoms with E-state index in [-0.39, 0.29) is 0 Å². The van der Waals surface area contributed by atoms with Crippen molar-refractivity contribution in [3.8, 4) is 0 Å². The first-order valence-corrected chi connectivity index (χ1v) is 4.68. The smallest absolute Gasteiger partial charge is 0.0794 e. The summed E-state index contributed by atoms with van der Waals surface area (Å²) < 4.78 is 0. The zero-order valence-corrected chi connectivity index (χ0v) is 7.56. The highest BCUT2D eigenvalue weighted by Gasteiger charge is 2.34. The van der Waals surface area contributed by atoms with Crippen molar-refractivity contribution in [2.75, 3.05) is 6.54 Å². The van der Waals surface area contributed by atoms with Crippen molar-refractivity contribution in [1.82, 2.24) is 5.32 Å². The second-order valence-corrected chi connectivity index (χ2v) is 3.46. The van der Waals surface area contributed by atoms with Crippen LogP contribution in [0.2, 0.25) is 0 Å². The monoisotopic (exact) mass is 157 g/mol. The van der Waals surface area contributed by atoms with Gasteiger partial charge in [0.1, 0.15) is 0 Å². The second kappa shape index (κ2) is 3.55. The third-order valence-electron chi connectivity index (χ3n) is 2.93. The Bertz CT molecular complexity index is 115. The lowest BCUT2D eigenvalue weighted by Crippen LogP contribution is -2.46. The third-order valence-corrected chi connectivity index (χ3v) is 2.93. The van der Waals surface area contributed by atoms with E-state index < -0.39 is 5.60 Å². The lowest BCUT2D eigenvalue weighted by atomic mass is 9.88. The van der Waals surface area contributed by atoms with Crippen LogP contribution >= 0.6 is 0 Å². The van der Waals surface area contributed by atoms with Crippen LogP contribution in [0.1, 0.15) is 39.5 Å². The van der Waals surface area contributed by atoms with Crippen LogP contribution in [-0.2, 0) is 0 Å². The van der Waals surface area contributed by atoms with Gasteiger partial charge < -0.3 is 10.4 Å². The zero-order valence-electron chi connectivity index (χ0n) is 7.56. The largest absolute Gasteiger partial charge is 0.388 e. The first-order valence-electron chi connectivity index (χ1n) is 4.68. The van der Waals surface area contributed by atoms with E-state index in [0.717, 1.165) is 25.8 Å². The van der Waals surface area contributed by atoms with Crippen LogP contribution in [0.3, 0.4) is 0 Å². The molecule has 1 aliphatic heterocycles. The minimum Gasteiger partial charge on any atom is -0.388 e. The molecule has 0 aliphatic carbocycles. The molecule has 0 aromatic heterocycles. The average Bonchev–Trinajstić information content (AvgIpc) is 2.55. The normalized spacial score (nSPS) is 25.9. The molecule has 0 unspecified atom stereocenters. The molecule has 1 atom stereocenters. The van der Waals surface area contributed by atoms with Gasteiger partial charge in [0.25, 0.3) is 0 Å². The molecule has 2 N–H and O–H groups in total. The summed E-state index contributed by atoms with van der Waals surface area (Å²) in [6.45, 7) is 5.19. The number of rotatable bonds is 3. The summed E-state index contributed by atoms with van der Waals surface area (Å²) in [5.74, 6) is 0. The van der Waals surface area contributed by atoms with Gasteiger partial charge in [0.15, 0.2) is 0 Å². The molecule has 2 nitrogen and oxygen atoms in total. The standard InChI is InChI=1S/C9H19NO/c1-3-9(11,4-2)8-6-5-7-10-8/h8,10-11H,3-7H2,1-2H3/t8-/m0/s1. The molecule has 1 aliphatic rings. The Balaban J connectivity index is 2.52. The zero-order chi connectivity index (χ0) is 8.32. The van der Waals surface area contributed by atoms with Crippen LogP contribution < -0.4 is 5.32 Å². The van der Waals surface area contributed by atoms with E-state index >= 15 is 0 Å². The van der Waals surface area contributed by atoms with E-state index in [9.17, 15) is 5.11 Å². The molecule has 1 saturated heterocycles. The van der Waals surface area contributed by atoms with Crippen molar-refractivity contribution in [1.29, 1.82) is 0 Å². The van der Waals surface area contributed by atoms with Gasteiger partial charge in [-0.2, -0.15) is 0 Å². The van der Waals surface area contributed by atoms with Crippen LogP contribution in [0.15, 0.2) is 0 Å². The van der Waals surface area contributed by atoms with Crippen LogP contribution in [0.25, 0.3) is 0 Å². The van der Waals surface area contributed by atoms with Crippen LogP contribution in [-0.4, -0.2) is 23.3 Å². The molecule has 0 amide bonds. The van der Waals surface area contributed by atoms with Crippen molar-refractivity contribution in [3.05, 3.63) is 0 Å². The summed E-state index contributed by atoms with van der Waals surface area (Å²) >= 11 is 0. The first kappa shape index (κ1) is 9.01. The lowest BCUT2D eigenvalue weighted by Gasteiger charge is -2.32. The molecule has 11 heavy (non-hydrogen) atoms. The molecule has 0 saturated carbocycles. The van der Waals surface area contributed by atoms with Crippen LogP contribution in [0.4, 0.5) is 0 Å². The van der Waals surface area contributed by atoms with Crippen molar-refractivity contribution in [2.24, 2.45) is 0 Å². The highest BCUT2D eigenvalue weighted by molar-refractivity contribution is 4.92. The van der Waals surface area contributed by atoms with E-state index in [4.69, 9.17) is 0 Å². The Kier molecular flexibility index (Phi) is 2.90. The molecule has 1 rings (SSSR count). The van der Waals surface area contributed by atoms with Gasteiger partial charge >= 0.3 is 0 Å². The second-order valence-electron chi connectivity index (χ2n) is 3.46. The van der Waals surface area contributed by atoms with E-state index in [1.54, 1.807) is 0 Å². The number of hydrogen-bond donors (Lipinski definition) is 2. The van der Waals surface area contributed by atoms with Gasteiger partial charge in [-0.25, -0.2) is 0 Å². The number of aliphatic hydroxyl groups is 1. The molecule has 1 fully saturated rings. The lowest BCUT2D eigenvalue weighted by molar-refractivity contribution is 0.000150. The highest BCUT2D eigenvalue weighted by atomic mass is 16.3. The quantitative estimate of drug-likeness (QED) is 0.647. The molecule has 0 radical (unpaired) electrons.